The molecule has 0 heterocycles. The van der Waals surface area contributed by atoms with Crippen molar-refractivity contribution < 1.29 is 19.1 Å². The van der Waals surface area contributed by atoms with Gasteiger partial charge in [-0.2, -0.15) is 5.10 Å². The van der Waals surface area contributed by atoms with Crippen LogP contribution in [0.5, 0.6) is 5.75 Å². The molecule has 1 aliphatic carbocycles. The number of nitrogens with zero attached hydrogens (tertiary/aromatic N) is 1. The van der Waals surface area contributed by atoms with E-state index < -0.39 is 11.8 Å². The standard InChI is InChI=1S/C29H29ClN4O4/c30-22-14-10-21(11-15-22)19-38-24-16-12-20(13-17-24)18-31-34-29(37)28(36)33-26-9-5-4-8-25(26)27(35)32-23-6-2-1-3-7-23/h4-5,8-18,23H,1-3,6-7,19H2,(H,32,35)(H,33,36)(H,34,37)/b31-18+. The van der Waals surface area contributed by atoms with Gasteiger partial charge < -0.3 is 15.4 Å². The minimum Gasteiger partial charge on any atom is -0.489 e. The average Bonchev–Trinajstić information content (AvgIpc) is 2.94. The summed E-state index contributed by atoms with van der Waals surface area (Å²) in [5.41, 5.74) is 4.47. The quantitative estimate of drug-likeness (QED) is 0.214. The number of ether oxygens (including phenoxy) is 1. The van der Waals surface area contributed by atoms with Crippen LogP contribution in [0.3, 0.4) is 0 Å². The maximum absolute atomic E-state index is 12.8. The molecule has 0 unspecified atom stereocenters. The molecule has 38 heavy (non-hydrogen) atoms. The van der Waals surface area contributed by atoms with Gasteiger partial charge in [-0.1, -0.05) is 55.1 Å². The Morgan fingerprint density at radius 3 is 2.34 bits per heavy atom. The van der Waals surface area contributed by atoms with Crippen LogP contribution in [0.2, 0.25) is 5.02 Å². The topological polar surface area (TPSA) is 109 Å². The first-order valence-electron chi connectivity index (χ1n) is 12.5. The Morgan fingerprint density at radius 1 is 0.895 bits per heavy atom. The van der Waals surface area contributed by atoms with Crippen LogP contribution in [0, 0.1) is 0 Å². The van der Waals surface area contributed by atoms with Gasteiger partial charge >= 0.3 is 11.8 Å². The van der Waals surface area contributed by atoms with E-state index >= 15 is 0 Å². The zero-order valence-corrected chi connectivity index (χ0v) is 21.5. The van der Waals surface area contributed by atoms with Crippen molar-refractivity contribution in [2.75, 3.05) is 5.32 Å². The molecule has 196 valence electrons. The number of carbonyl (C=O) groups excluding carboxylic acids is 3. The number of anilines is 1. The number of nitrogens with one attached hydrogen (secondary N) is 3. The lowest BCUT2D eigenvalue weighted by Gasteiger charge is -2.23. The van der Waals surface area contributed by atoms with Gasteiger partial charge in [0.2, 0.25) is 0 Å². The molecule has 0 aromatic heterocycles. The molecular weight excluding hydrogens is 504 g/mol. The van der Waals surface area contributed by atoms with Crippen LogP contribution in [0.15, 0.2) is 77.9 Å². The fourth-order valence-corrected chi connectivity index (χ4v) is 4.22. The van der Waals surface area contributed by atoms with Crippen molar-refractivity contribution in [3.05, 3.63) is 94.5 Å². The Kier molecular flexibility index (Phi) is 9.48. The Hall–Kier alpha value is -4.17. The Bertz CT molecular complexity index is 1290. The molecule has 9 heteroatoms. The summed E-state index contributed by atoms with van der Waals surface area (Å²) < 4.78 is 5.75. The van der Waals surface area contributed by atoms with E-state index in [9.17, 15) is 14.4 Å². The minimum absolute atomic E-state index is 0.127. The summed E-state index contributed by atoms with van der Waals surface area (Å²) in [4.78, 5) is 37.4. The van der Waals surface area contributed by atoms with E-state index in [0.29, 0.717) is 28.5 Å². The summed E-state index contributed by atoms with van der Waals surface area (Å²) in [5, 5.41) is 10.1. The summed E-state index contributed by atoms with van der Waals surface area (Å²) in [6.07, 6.45) is 6.67. The summed E-state index contributed by atoms with van der Waals surface area (Å²) in [7, 11) is 0. The molecule has 1 aliphatic rings. The van der Waals surface area contributed by atoms with E-state index in [0.717, 1.165) is 31.2 Å². The smallest absolute Gasteiger partial charge is 0.329 e. The molecule has 0 spiro atoms. The molecule has 8 nitrogen and oxygen atoms in total. The molecule has 3 amide bonds. The van der Waals surface area contributed by atoms with Gasteiger partial charge in [0.05, 0.1) is 17.5 Å². The van der Waals surface area contributed by atoms with Gasteiger partial charge in [-0.3, -0.25) is 14.4 Å². The molecule has 0 saturated heterocycles. The van der Waals surface area contributed by atoms with E-state index in [-0.39, 0.29) is 17.6 Å². The molecule has 1 fully saturated rings. The van der Waals surface area contributed by atoms with Gasteiger partial charge in [0.25, 0.3) is 5.91 Å². The number of para-hydroxylation sites is 1. The van der Waals surface area contributed by atoms with Crippen molar-refractivity contribution in [1.82, 2.24) is 10.7 Å². The van der Waals surface area contributed by atoms with E-state index in [2.05, 4.69) is 21.2 Å². The number of carbonyl (C=O) groups is 3. The molecule has 3 aromatic rings. The largest absolute Gasteiger partial charge is 0.489 e. The number of amides is 3. The lowest BCUT2D eigenvalue weighted by Crippen LogP contribution is -2.37. The predicted octanol–water partition coefficient (Wildman–Crippen LogP) is 5.07. The fourth-order valence-electron chi connectivity index (χ4n) is 4.09. The zero-order chi connectivity index (χ0) is 26.7. The minimum atomic E-state index is -0.952. The summed E-state index contributed by atoms with van der Waals surface area (Å²) in [6, 6.07) is 21.2. The highest BCUT2D eigenvalue weighted by atomic mass is 35.5. The molecule has 0 atom stereocenters. The van der Waals surface area contributed by atoms with Crippen LogP contribution >= 0.6 is 11.6 Å². The number of benzene rings is 3. The number of hydrogen-bond donors (Lipinski definition) is 3. The van der Waals surface area contributed by atoms with Gasteiger partial charge in [-0.25, -0.2) is 5.43 Å². The van der Waals surface area contributed by atoms with E-state index in [1.54, 1.807) is 48.5 Å². The second-order valence-corrected chi connectivity index (χ2v) is 9.43. The third kappa shape index (κ3) is 7.91. The summed E-state index contributed by atoms with van der Waals surface area (Å²) >= 11 is 5.89. The molecule has 0 radical (unpaired) electrons. The van der Waals surface area contributed by atoms with E-state index in [4.69, 9.17) is 16.3 Å². The summed E-state index contributed by atoms with van der Waals surface area (Å²) in [6.45, 7) is 0.404. The van der Waals surface area contributed by atoms with E-state index in [1.165, 1.54) is 12.6 Å². The van der Waals surface area contributed by atoms with E-state index in [1.807, 2.05) is 24.3 Å². The first-order valence-corrected chi connectivity index (χ1v) is 12.9. The molecule has 4 rings (SSSR count). The van der Waals surface area contributed by atoms with Crippen LogP contribution in [-0.2, 0) is 16.2 Å². The lowest BCUT2D eigenvalue weighted by atomic mass is 9.95. The molecule has 1 saturated carbocycles. The SMILES string of the molecule is O=C(N/N=C/c1ccc(OCc2ccc(Cl)cc2)cc1)C(=O)Nc1ccccc1C(=O)NC1CCCCC1. The van der Waals surface area contributed by atoms with Gasteiger partial charge in [-0.05, 0) is 72.5 Å². The summed E-state index contributed by atoms with van der Waals surface area (Å²) in [5.74, 6) is -1.48. The van der Waals surface area contributed by atoms with Crippen molar-refractivity contribution in [3.63, 3.8) is 0 Å². The Morgan fingerprint density at radius 2 is 1.61 bits per heavy atom. The lowest BCUT2D eigenvalue weighted by molar-refractivity contribution is -0.136. The zero-order valence-electron chi connectivity index (χ0n) is 20.8. The highest BCUT2D eigenvalue weighted by Crippen LogP contribution is 2.20. The maximum atomic E-state index is 12.8. The van der Waals surface area contributed by atoms with Gasteiger partial charge in [0, 0.05) is 11.1 Å². The van der Waals surface area contributed by atoms with Gasteiger partial charge in [0.15, 0.2) is 0 Å². The average molecular weight is 533 g/mol. The van der Waals surface area contributed by atoms with Crippen LogP contribution in [0.25, 0.3) is 0 Å². The van der Waals surface area contributed by atoms with Crippen molar-refractivity contribution >= 4 is 41.2 Å². The second-order valence-electron chi connectivity index (χ2n) is 8.99. The normalized spacial score (nSPS) is 13.6. The van der Waals surface area contributed by atoms with Crippen molar-refractivity contribution in [1.29, 1.82) is 0 Å². The Labute approximate surface area is 226 Å². The van der Waals surface area contributed by atoms with Crippen molar-refractivity contribution in [3.8, 4) is 5.75 Å². The number of hydrazone groups is 1. The van der Waals surface area contributed by atoms with Crippen molar-refractivity contribution in [2.45, 2.75) is 44.8 Å². The molecule has 3 aromatic carbocycles. The van der Waals surface area contributed by atoms with Gasteiger partial charge in [-0.15, -0.1) is 0 Å². The monoisotopic (exact) mass is 532 g/mol. The highest BCUT2D eigenvalue weighted by Gasteiger charge is 2.20. The second kappa shape index (κ2) is 13.4. The first kappa shape index (κ1) is 26.9. The van der Waals surface area contributed by atoms with Crippen LogP contribution in [-0.4, -0.2) is 30.0 Å². The molecule has 0 aliphatic heterocycles. The molecule has 0 bridgehead atoms. The predicted molar refractivity (Wildman–Crippen MR) is 147 cm³/mol. The first-order chi connectivity index (χ1) is 18.5. The number of rotatable bonds is 8. The molecule has 3 N–H and O–H groups in total. The van der Waals surface area contributed by atoms with Crippen LogP contribution in [0.1, 0.15) is 53.6 Å². The Balaban J connectivity index is 1.26. The van der Waals surface area contributed by atoms with Crippen molar-refractivity contribution in [2.24, 2.45) is 5.10 Å². The third-order valence-electron chi connectivity index (χ3n) is 6.15. The third-order valence-corrected chi connectivity index (χ3v) is 6.40. The number of hydrogen-bond acceptors (Lipinski definition) is 5. The maximum Gasteiger partial charge on any atom is 0.329 e. The van der Waals surface area contributed by atoms with Gasteiger partial charge in [0.1, 0.15) is 12.4 Å². The van der Waals surface area contributed by atoms with Crippen LogP contribution < -0.4 is 20.8 Å². The number of halogens is 1. The molecular formula is C29H29ClN4O4. The fraction of sp³-hybridized carbons (Fsp3) is 0.241. The highest BCUT2D eigenvalue weighted by molar-refractivity contribution is 6.40. The van der Waals surface area contributed by atoms with Crippen LogP contribution in [0.4, 0.5) is 5.69 Å².